The van der Waals surface area contributed by atoms with Gasteiger partial charge in [-0.15, -0.1) is 0 Å². The van der Waals surface area contributed by atoms with E-state index >= 15 is 0 Å². The molecule has 0 unspecified atom stereocenters. The van der Waals surface area contributed by atoms with Crippen LogP contribution < -0.4 is 10.1 Å². The summed E-state index contributed by atoms with van der Waals surface area (Å²) in [5.41, 5.74) is 2.85. The number of benzene rings is 1. The minimum atomic E-state index is 0.341. The van der Waals surface area contributed by atoms with Crippen LogP contribution in [0.25, 0.3) is 0 Å². The van der Waals surface area contributed by atoms with Crippen molar-refractivity contribution in [2.24, 2.45) is 7.05 Å². The molecule has 21 heavy (non-hydrogen) atoms. The fourth-order valence-corrected chi connectivity index (χ4v) is 2.70. The van der Waals surface area contributed by atoms with Crippen LogP contribution >= 0.6 is 23.2 Å². The number of hydrogen-bond donors (Lipinski definition) is 1. The van der Waals surface area contributed by atoms with Crippen molar-refractivity contribution in [3.05, 3.63) is 45.2 Å². The lowest BCUT2D eigenvalue weighted by Crippen LogP contribution is -2.06. The molecule has 0 aliphatic carbocycles. The van der Waals surface area contributed by atoms with Gasteiger partial charge in [0.1, 0.15) is 12.4 Å². The first-order chi connectivity index (χ1) is 10.1. The summed E-state index contributed by atoms with van der Waals surface area (Å²) in [6.07, 6.45) is 0.798. The van der Waals surface area contributed by atoms with Crippen molar-refractivity contribution in [2.45, 2.75) is 26.5 Å². The quantitative estimate of drug-likeness (QED) is 0.881. The Bertz CT molecular complexity index is 626. The molecule has 0 saturated heterocycles. The first-order valence-electron chi connectivity index (χ1n) is 6.82. The van der Waals surface area contributed by atoms with Crippen LogP contribution in [0.5, 0.6) is 5.75 Å². The number of aryl methyl sites for hydroxylation is 2. The third-order valence-electron chi connectivity index (χ3n) is 3.24. The second-order valence-electron chi connectivity index (χ2n) is 4.77. The predicted octanol–water partition coefficient (Wildman–Crippen LogP) is 3.59. The van der Waals surface area contributed by atoms with E-state index in [1.54, 1.807) is 4.68 Å². The smallest absolute Gasteiger partial charge is 0.138 e. The highest BCUT2D eigenvalue weighted by molar-refractivity contribution is 6.32. The van der Waals surface area contributed by atoms with Crippen LogP contribution in [0.2, 0.25) is 10.0 Å². The van der Waals surface area contributed by atoms with Gasteiger partial charge in [0.05, 0.1) is 21.4 Å². The molecule has 0 aliphatic rings. The predicted molar refractivity (Wildman–Crippen MR) is 86.1 cm³/mol. The highest BCUT2D eigenvalue weighted by Gasteiger charge is 2.14. The Morgan fingerprint density at radius 2 is 2.10 bits per heavy atom. The summed E-state index contributed by atoms with van der Waals surface area (Å²) in [7, 11) is 3.76. The van der Waals surface area contributed by atoms with E-state index in [0.29, 0.717) is 22.4 Å². The third kappa shape index (κ3) is 3.70. The minimum Gasteiger partial charge on any atom is -0.486 e. The Morgan fingerprint density at radius 1 is 1.33 bits per heavy atom. The number of nitrogens with zero attached hydrogens (tertiary/aromatic N) is 2. The Hall–Kier alpha value is -1.23. The van der Waals surface area contributed by atoms with Gasteiger partial charge in [0.2, 0.25) is 0 Å². The zero-order valence-corrected chi connectivity index (χ0v) is 13.9. The molecule has 0 aliphatic heterocycles. The fraction of sp³-hybridized carbons (Fsp3) is 0.400. The maximum Gasteiger partial charge on any atom is 0.138 e. The van der Waals surface area contributed by atoms with Gasteiger partial charge in [0.25, 0.3) is 0 Å². The van der Waals surface area contributed by atoms with Crippen molar-refractivity contribution in [2.75, 3.05) is 7.05 Å². The molecule has 0 saturated carbocycles. The van der Waals surface area contributed by atoms with Crippen LogP contribution in [-0.4, -0.2) is 16.8 Å². The maximum absolute atomic E-state index is 6.30. The molecule has 1 heterocycles. The molecule has 0 radical (unpaired) electrons. The second-order valence-corrected chi connectivity index (χ2v) is 5.55. The van der Waals surface area contributed by atoms with E-state index in [1.807, 2.05) is 39.2 Å². The highest BCUT2D eigenvalue weighted by atomic mass is 35.5. The average Bonchev–Trinajstić information content (AvgIpc) is 2.73. The normalized spacial score (nSPS) is 10.9. The molecule has 0 amide bonds. The number of halogens is 2. The zero-order valence-electron chi connectivity index (χ0n) is 12.4. The zero-order chi connectivity index (χ0) is 15.4. The van der Waals surface area contributed by atoms with Gasteiger partial charge in [-0.05, 0) is 31.2 Å². The van der Waals surface area contributed by atoms with Crippen molar-refractivity contribution < 1.29 is 4.74 Å². The summed E-state index contributed by atoms with van der Waals surface area (Å²) in [5.74, 6) is 0.645. The minimum absolute atomic E-state index is 0.341. The van der Waals surface area contributed by atoms with Crippen LogP contribution in [0.1, 0.15) is 23.9 Å². The number of aromatic nitrogens is 2. The summed E-state index contributed by atoms with van der Waals surface area (Å²) < 4.78 is 7.53. The van der Waals surface area contributed by atoms with Crippen LogP contribution in [-0.2, 0) is 26.6 Å². The molecule has 2 rings (SSSR count). The van der Waals surface area contributed by atoms with Crippen LogP contribution in [0, 0.1) is 0 Å². The van der Waals surface area contributed by atoms with Crippen molar-refractivity contribution >= 4 is 23.2 Å². The monoisotopic (exact) mass is 327 g/mol. The molecule has 0 atom stereocenters. The van der Waals surface area contributed by atoms with Crippen molar-refractivity contribution in [3.63, 3.8) is 0 Å². The topological polar surface area (TPSA) is 39.1 Å². The standard InChI is InChI=1S/C15H19Cl2N3O/c1-4-12-15(17)13(20(3)19-12)9-21-14-6-5-10(8-18-2)7-11(14)16/h5-7,18H,4,8-9H2,1-3H3. The van der Waals surface area contributed by atoms with E-state index in [2.05, 4.69) is 10.4 Å². The molecular formula is C15H19Cl2N3O. The molecule has 0 fully saturated rings. The van der Waals surface area contributed by atoms with Gasteiger partial charge in [-0.25, -0.2) is 0 Å². The van der Waals surface area contributed by atoms with Gasteiger partial charge >= 0.3 is 0 Å². The molecule has 1 N–H and O–H groups in total. The summed E-state index contributed by atoms with van der Waals surface area (Å²) in [6.45, 7) is 3.14. The molecule has 0 spiro atoms. The Balaban J connectivity index is 2.11. The first-order valence-corrected chi connectivity index (χ1v) is 7.58. The third-order valence-corrected chi connectivity index (χ3v) is 3.98. The van der Waals surface area contributed by atoms with E-state index in [-0.39, 0.29) is 0 Å². The summed E-state index contributed by atoms with van der Waals surface area (Å²) >= 11 is 12.5. The van der Waals surface area contributed by atoms with Gasteiger partial charge < -0.3 is 10.1 Å². The molecule has 114 valence electrons. The highest BCUT2D eigenvalue weighted by Crippen LogP contribution is 2.28. The van der Waals surface area contributed by atoms with E-state index < -0.39 is 0 Å². The van der Waals surface area contributed by atoms with Crippen LogP contribution in [0.15, 0.2) is 18.2 Å². The molecular weight excluding hydrogens is 309 g/mol. The van der Waals surface area contributed by atoms with Gasteiger partial charge in [0.15, 0.2) is 0 Å². The first kappa shape index (κ1) is 16.1. The SMILES string of the molecule is CCc1nn(C)c(COc2ccc(CNC)cc2Cl)c1Cl. The van der Waals surface area contributed by atoms with Crippen molar-refractivity contribution in [3.8, 4) is 5.75 Å². The summed E-state index contributed by atoms with van der Waals surface area (Å²) in [5, 5.41) is 8.71. The van der Waals surface area contributed by atoms with E-state index in [4.69, 9.17) is 27.9 Å². The lowest BCUT2D eigenvalue weighted by atomic mass is 10.2. The molecule has 6 heteroatoms. The number of ether oxygens (including phenoxy) is 1. The van der Waals surface area contributed by atoms with Crippen LogP contribution in [0.3, 0.4) is 0 Å². The largest absolute Gasteiger partial charge is 0.486 e. The average molecular weight is 328 g/mol. The van der Waals surface area contributed by atoms with Gasteiger partial charge in [-0.2, -0.15) is 5.10 Å². The molecule has 4 nitrogen and oxygen atoms in total. The van der Waals surface area contributed by atoms with E-state index in [0.717, 1.165) is 29.9 Å². The van der Waals surface area contributed by atoms with Crippen molar-refractivity contribution in [1.29, 1.82) is 0 Å². The fourth-order valence-electron chi connectivity index (χ4n) is 2.10. The number of hydrogen-bond acceptors (Lipinski definition) is 3. The van der Waals surface area contributed by atoms with Gasteiger partial charge in [-0.1, -0.05) is 36.2 Å². The molecule has 2 aromatic rings. The lowest BCUT2D eigenvalue weighted by molar-refractivity contribution is 0.295. The Labute approximate surface area is 135 Å². The van der Waals surface area contributed by atoms with Gasteiger partial charge in [-0.3, -0.25) is 4.68 Å². The van der Waals surface area contributed by atoms with E-state index in [1.165, 1.54) is 0 Å². The lowest BCUT2D eigenvalue weighted by Gasteiger charge is -2.10. The number of nitrogens with one attached hydrogen (secondary N) is 1. The van der Waals surface area contributed by atoms with Crippen LogP contribution in [0.4, 0.5) is 0 Å². The second kappa shape index (κ2) is 7.16. The number of rotatable bonds is 6. The van der Waals surface area contributed by atoms with Gasteiger partial charge in [0, 0.05) is 13.6 Å². The maximum atomic E-state index is 6.30. The Kier molecular flexibility index (Phi) is 5.51. The summed E-state index contributed by atoms with van der Waals surface area (Å²) in [4.78, 5) is 0. The van der Waals surface area contributed by atoms with E-state index in [9.17, 15) is 0 Å². The Morgan fingerprint density at radius 3 is 2.67 bits per heavy atom. The molecule has 0 bridgehead atoms. The summed E-state index contributed by atoms with van der Waals surface area (Å²) in [6, 6.07) is 5.76. The molecule has 1 aromatic carbocycles. The van der Waals surface area contributed by atoms with Crippen molar-refractivity contribution in [1.82, 2.24) is 15.1 Å². The molecule has 1 aromatic heterocycles.